The van der Waals surface area contributed by atoms with Crippen molar-refractivity contribution >= 4 is 34.1 Å². The zero-order valence-electron chi connectivity index (χ0n) is 14.9. The van der Waals surface area contributed by atoms with Crippen LogP contribution in [0.3, 0.4) is 0 Å². The number of anilines is 1. The molecule has 0 radical (unpaired) electrons. The summed E-state index contributed by atoms with van der Waals surface area (Å²) in [4.78, 5) is 19.0. The van der Waals surface area contributed by atoms with Crippen LogP contribution in [0.4, 0.5) is 5.69 Å². The van der Waals surface area contributed by atoms with E-state index in [9.17, 15) is 4.79 Å². The van der Waals surface area contributed by atoms with E-state index in [-0.39, 0.29) is 12.5 Å². The Labute approximate surface area is 162 Å². The fourth-order valence-corrected chi connectivity index (χ4v) is 3.69. The van der Waals surface area contributed by atoms with Crippen molar-refractivity contribution in [2.24, 2.45) is 0 Å². The topological polar surface area (TPSA) is 51.7 Å². The largest absolute Gasteiger partial charge is 0.495 e. The van der Waals surface area contributed by atoms with Gasteiger partial charge in [0.2, 0.25) is 0 Å². The average molecular weight is 383 g/mol. The molecule has 27 heavy (non-hydrogen) atoms. The van der Waals surface area contributed by atoms with E-state index in [1.54, 1.807) is 30.3 Å². The second-order valence-electron chi connectivity index (χ2n) is 6.35. The van der Waals surface area contributed by atoms with Gasteiger partial charge in [-0.25, -0.2) is 0 Å². The van der Waals surface area contributed by atoms with Crippen LogP contribution < -0.4 is 14.4 Å². The first-order valence-corrected chi connectivity index (χ1v) is 9.19. The zero-order valence-corrected chi connectivity index (χ0v) is 15.7. The molecule has 0 aliphatic carbocycles. The van der Waals surface area contributed by atoms with E-state index < -0.39 is 0 Å². The van der Waals surface area contributed by atoms with Crippen molar-refractivity contribution in [3.05, 3.63) is 59.2 Å². The number of carbonyl (C=O) groups is 1. The van der Waals surface area contributed by atoms with Crippen molar-refractivity contribution in [3.63, 3.8) is 0 Å². The number of amides is 1. The number of aryl methyl sites for hydroxylation is 1. The molecule has 2 heterocycles. The maximum absolute atomic E-state index is 12.9. The number of methoxy groups -OCH3 is 1. The number of halogens is 1. The lowest BCUT2D eigenvalue weighted by Crippen LogP contribution is -2.39. The van der Waals surface area contributed by atoms with E-state index in [1.807, 2.05) is 30.3 Å². The van der Waals surface area contributed by atoms with E-state index in [4.69, 9.17) is 21.1 Å². The van der Waals surface area contributed by atoms with Gasteiger partial charge in [-0.15, -0.1) is 0 Å². The molecule has 0 bridgehead atoms. The first-order valence-electron chi connectivity index (χ1n) is 8.81. The molecule has 0 atom stereocenters. The van der Waals surface area contributed by atoms with Gasteiger partial charge in [0.15, 0.2) is 6.61 Å². The van der Waals surface area contributed by atoms with Crippen LogP contribution in [-0.4, -0.2) is 31.2 Å². The van der Waals surface area contributed by atoms with Crippen molar-refractivity contribution in [3.8, 4) is 11.5 Å². The Bertz CT molecular complexity index is 992. The van der Waals surface area contributed by atoms with Gasteiger partial charge in [-0.05, 0) is 48.7 Å². The highest BCUT2D eigenvalue weighted by molar-refractivity contribution is 6.35. The number of carbonyl (C=O) groups excluding carboxylic acids is 1. The molecule has 1 aliphatic heterocycles. The SMILES string of the molecule is COc1cccc2c1N(C(=O)COc1ccc(Cl)c3cccnc13)CCC2. The van der Waals surface area contributed by atoms with E-state index in [1.165, 1.54) is 0 Å². The molecule has 0 spiro atoms. The van der Waals surface area contributed by atoms with Crippen molar-refractivity contribution in [2.75, 3.05) is 25.2 Å². The maximum atomic E-state index is 12.9. The number of pyridine rings is 1. The summed E-state index contributed by atoms with van der Waals surface area (Å²) in [6.45, 7) is 0.569. The molecule has 0 N–H and O–H groups in total. The third kappa shape index (κ3) is 3.30. The second kappa shape index (κ2) is 7.45. The van der Waals surface area contributed by atoms with Crippen LogP contribution in [0.25, 0.3) is 10.9 Å². The fourth-order valence-electron chi connectivity index (χ4n) is 3.48. The smallest absolute Gasteiger partial charge is 0.265 e. The van der Waals surface area contributed by atoms with E-state index in [0.717, 1.165) is 29.5 Å². The summed E-state index contributed by atoms with van der Waals surface area (Å²) in [5.41, 5.74) is 2.61. The summed E-state index contributed by atoms with van der Waals surface area (Å²) < 4.78 is 11.3. The lowest BCUT2D eigenvalue weighted by Gasteiger charge is -2.30. The minimum Gasteiger partial charge on any atom is -0.495 e. The van der Waals surface area contributed by atoms with Gasteiger partial charge in [0.05, 0.1) is 17.8 Å². The number of fused-ring (bicyclic) bond motifs is 2. The molecule has 0 fully saturated rings. The molecular formula is C21H19ClN2O3. The highest BCUT2D eigenvalue weighted by Crippen LogP contribution is 2.36. The molecule has 2 aromatic carbocycles. The zero-order chi connectivity index (χ0) is 18.8. The molecular weight excluding hydrogens is 364 g/mol. The van der Waals surface area contributed by atoms with Crippen molar-refractivity contribution in [1.29, 1.82) is 0 Å². The minimum atomic E-state index is -0.112. The number of hydrogen-bond donors (Lipinski definition) is 0. The maximum Gasteiger partial charge on any atom is 0.265 e. The van der Waals surface area contributed by atoms with Crippen LogP contribution in [-0.2, 0) is 11.2 Å². The number of benzene rings is 2. The normalized spacial score (nSPS) is 13.3. The summed E-state index contributed by atoms with van der Waals surface area (Å²) in [5, 5.41) is 1.40. The Kier molecular flexibility index (Phi) is 4.86. The Balaban J connectivity index is 1.58. The van der Waals surface area contributed by atoms with Crippen LogP contribution in [0.2, 0.25) is 5.02 Å². The molecule has 1 aliphatic rings. The van der Waals surface area contributed by atoms with Gasteiger partial charge in [0.1, 0.15) is 17.0 Å². The molecule has 1 aromatic heterocycles. The van der Waals surface area contributed by atoms with Gasteiger partial charge < -0.3 is 14.4 Å². The lowest BCUT2D eigenvalue weighted by atomic mass is 10.0. The predicted octanol–water partition coefficient (Wildman–Crippen LogP) is 4.26. The summed E-state index contributed by atoms with van der Waals surface area (Å²) in [7, 11) is 1.62. The van der Waals surface area contributed by atoms with Crippen molar-refractivity contribution in [1.82, 2.24) is 4.98 Å². The van der Waals surface area contributed by atoms with Crippen molar-refractivity contribution < 1.29 is 14.3 Å². The van der Waals surface area contributed by atoms with Gasteiger partial charge >= 0.3 is 0 Å². The number of aromatic nitrogens is 1. The summed E-state index contributed by atoms with van der Waals surface area (Å²) in [5.74, 6) is 1.14. The number of ether oxygens (including phenoxy) is 2. The standard InChI is InChI=1S/C21H19ClN2O3/c1-26-18-8-2-5-14-6-4-12-24(21(14)18)19(25)13-27-17-10-9-16(22)15-7-3-11-23-20(15)17/h2-3,5,7-11H,4,6,12-13H2,1H3. The van der Waals surface area contributed by atoms with Crippen molar-refractivity contribution in [2.45, 2.75) is 12.8 Å². The molecule has 138 valence electrons. The molecule has 3 aromatic rings. The van der Waals surface area contributed by atoms with Crippen LogP contribution in [0.5, 0.6) is 11.5 Å². The minimum absolute atomic E-state index is 0.0786. The number of rotatable bonds is 4. The summed E-state index contributed by atoms with van der Waals surface area (Å²) in [6.07, 6.45) is 3.53. The van der Waals surface area contributed by atoms with Crippen LogP contribution >= 0.6 is 11.6 Å². The summed E-state index contributed by atoms with van der Waals surface area (Å²) in [6, 6.07) is 13.1. The average Bonchev–Trinajstić information content (AvgIpc) is 2.72. The molecule has 5 nitrogen and oxygen atoms in total. The fraction of sp³-hybridized carbons (Fsp3) is 0.238. The molecule has 0 unspecified atom stereocenters. The molecule has 0 saturated carbocycles. The third-order valence-corrected chi connectivity index (χ3v) is 5.06. The second-order valence-corrected chi connectivity index (χ2v) is 6.76. The quantitative estimate of drug-likeness (QED) is 0.676. The number of para-hydroxylation sites is 1. The van der Waals surface area contributed by atoms with E-state index >= 15 is 0 Å². The van der Waals surface area contributed by atoms with Gasteiger partial charge in [-0.3, -0.25) is 9.78 Å². The highest BCUT2D eigenvalue weighted by Gasteiger charge is 2.26. The molecule has 0 saturated heterocycles. The number of nitrogens with zero attached hydrogens (tertiary/aromatic N) is 2. The van der Waals surface area contributed by atoms with Gasteiger partial charge in [-0.1, -0.05) is 23.7 Å². The van der Waals surface area contributed by atoms with E-state index in [0.29, 0.717) is 28.6 Å². The van der Waals surface area contributed by atoms with Gasteiger partial charge in [0.25, 0.3) is 5.91 Å². The van der Waals surface area contributed by atoms with Crippen LogP contribution in [0.15, 0.2) is 48.7 Å². The monoisotopic (exact) mass is 382 g/mol. The van der Waals surface area contributed by atoms with E-state index in [2.05, 4.69) is 4.98 Å². The van der Waals surface area contributed by atoms with Crippen LogP contribution in [0.1, 0.15) is 12.0 Å². The Morgan fingerprint density at radius 3 is 2.93 bits per heavy atom. The lowest BCUT2D eigenvalue weighted by molar-refractivity contribution is -0.120. The predicted molar refractivity (Wildman–Crippen MR) is 106 cm³/mol. The molecule has 6 heteroatoms. The Hall–Kier alpha value is -2.79. The Morgan fingerprint density at radius 2 is 2.07 bits per heavy atom. The van der Waals surface area contributed by atoms with Gasteiger partial charge in [0, 0.05) is 18.1 Å². The first-order chi connectivity index (χ1) is 13.2. The Morgan fingerprint density at radius 1 is 1.19 bits per heavy atom. The summed E-state index contributed by atoms with van der Waals surface area (Å²) >= 11 is 6.22. The number of hydrogen-bond acceptors (Lipinski definition) is 4. The molecule has 4 rings (SSSR count). The third-order valence-electron chi connectivity index (χ3n) is 4.73. The van der Waals surface area contributed by atoms with Gasteiger partial charge in [-0.2, -0.15) is 0 Å². The van der Waals surface area contributed by atoms with Crippen LogP contribution in [0, 0.1) is 0 Å². The molecule has 1 amide bonds. The highest BCUT2D eigenvalue weighted by atomic mass is 35.5. The first kappa shape index (κ1) is 17.6.